The minimum Gasteiger partial charge on any atom is -0.372 e. The Morgan fingerprint density at radius 2 is 1.69 bits per heavy atom. The number of hydrogen-bond donors (Lipinski definition) is 3. The normalized spacial score (nSPS) is 13.2. The third kappa shape index (κ3) is 4.69. The van der Waals surface area contributed by atoms with Gasteiger partial charge in [-0.2, -0.15) is 0 Å². The highest BCUT2D eigenvalue weighted by Crippen LogP contribution is 2.26. The van der Waals surface area contributed by atoms with Crippen LogP contribution in [-0.2, 0) is 0 Å². The smallest absolute Gasteiger partial charge is 0.319 e. The van der Waals surface area contributed by atoms with Crippen molar-refractivity contribution in [3.8, 4) is 0 Å². The molecule has 2 aromatic rings. The highest BCUT2D eigenvalue weighted by molar-refractivity contribution is 5.89. The van der Waals surface area contributed by atoms with E-state index in [1.165, 1.54) is 11.3 Å². The van der Waals surface area contributed by atoms with Crippen molar-refractivity contribution in [2.24, 2.45) is 0 Å². The number of urea groups is 1. The zero-order valence-electron chi connectivity index (χ0n) is 15.8. The first-order valence-corrected chi connectivity index (χ1v) is 9.39. The third-order valence-corrected chi connectivity index (χ3v) is 4.67. The monoisotopic (exact) mass is 352 g/mol. The standard InChI is InChI=1S/C21H28N4O/c1-4-25(5-2)19-12-13-20(15(3)14-19)22-16-6-8-17(9-7-16)23-21(26)24-18-10-11-18/h6-9,12-14,18,22H,4-5,10-11H2,1-3H3,(H2,23,24,26). The molecule has 0 aliphatic heterocycles. The summed E-state index contributed by atoms with van der Waals surface area (Å²) in [6.07, 6.45) is 2.17. The molecule has 138 valence electrons. The molecule has 26 heavy (non-hydrogen) atoms. The highest BCUT2D eigenvalue weighted by atomic mass is 16.2. The van der Waals surface area contributed by atoms with E-state index in [-0.39, 0.29) is 6.03 Å². The summed E-state index contributed by atoms with van der Waals surface area (Å²) in [6, 6.07) is 14.5. The van der Waals surface area contributed by atoms with Crippen LogP contribution in [0.5, 0.6) is 0 Å². The Morgan fingerprint density at radius 1 is 1.04 bits per heavy atom. The molecule has 0 aromatic heterocycles. The second-order valence-corrected chi connectivity index (χ2v) is 6.75. The molecular weight excluding hydrogens is 324 g/mol. The van der Waals surface area contributed by atoms with E-state index >= 15 is 0 Å². The van der Waals surface area contributed by atoms with Crippen LogP contribution in [0.15, 0.2) is 42.5 Å². The molecule has 0 bridgehead atoms. The van der Waals surface area contributed by atoms with Gasteiger partial charge in [0.1, 0.15) is 0 Å². The summed E-state index contributed by atoms with van der Waals surface area (Å²) in [7, 11) is 0. The van der Waals surface area contributed by atoms with Gasteiger partial charge < -0.3 is 20.9 Å². The number of carbonyl (C=O) groups excluding carboxylic acids is 1. The molecule has 0 radical (unpaired) electrons. The van der Waals surface area contributed by atoms with Gasteiger partial charge in [0.15, 0.2) is 0 Å². The van der Waals surface area contributed by atoms with Crippen molar-refractivity contribution in [3.63, 3.8) is 0 Å². The molecule has 2 amide bonds. The van der Waals surface area contributed by atoms with Gasteiger partial charge >= 0.3 is 6.03 Å². The number of rotatable bonds is 7. The molecule has 0 saturated heterocycles. The lowest BCUT2D eigenvalue weighted by Crippen LogP contribution is -2.30. The Labute approximate surface area is 155 Å². The second kappa shape index (κ2) is 8.13. The zero-order valence-corrected chi connectivity index (χ0v) is 15.8. The summed E-state index contributed by atoms with van der Waals surface area (Å²) in [4.78, 5) is 14.1. The van der Waals surface area contributed by atoms with Crippen LogP contribution in [-0.4, -0.2) is 25.2 Å². The Balaban J connectivity index is 1.62. The summed E-state index contributed by atoms with van der Waals surface area (Å²) in [5.41, 5.74) is 5.34. The number of carbonyl (C=O) groups is 1. The molecule has 1 aliphatic rings. The van der Waals surface area contributed by atoms with Gasteiger partial charge in [0.25, 0.3) is 0 Å². The molecule has 3 rings (SSSR count). The molecule has 1 saturated carbocycles. The maximum Gasteiger partial charge on any atom is 0.319 e. The molecule has 5 heteroatoms. The van der Waals surface area contributed by atoms with E-state index in [4.69, 9.17) is 0 Å². The number of anilines is 4. The molecule has 1 aliphatic carbocycles. The predicted octanol–water partition coefficient (Wildman–Crippen LogP) is 4.87. The fourth-order valence-electron chi connectivity index (χ4n) is 2.95. The fourth-order valence-corrected chi connectivity index (χ4v) is 2.95. The Morgan fingerprint density at radius 3 is 2.27 bits per heavy atom. The van der Waals surface area contributed by atoms with Gasteiger partial charge in [0, 0.05) is 41.9 Å². The molecule has 1 fully saturated rings. The number of hydrogen-bond acceptors (Lipinski definition) is 3. The van der Waals surface area contributed by atoms with Crippen LogP contribution in [0.4, 0.5) is 27.5 Å². The van der Waals surface area contributed by atoms with Crippen molar-refractivity contribution in [3.05, 3.63) is 48.0 Å². The van der Waals surface area contributed by atoms with Crippen molar-refractivity contribution in [2.45, 2.75) is 39.7 Å². The maximum absolute atomic E-state index is 11.8. The van der Waals surface area contributed by atoms with Crippen LogP contribution in [0.3, 0.4) is 0 Å². The van der Waals surface area contributed by atoms with Gasteiger partial charge in [-0.25, -0.2) is 4.79 Å². The molecule has 0 spiro atoms. The molecular formula is C21H28N4O. The first kappa shape index (κ1) is 18.1. The maximum atomic E-state index is 11.8. The summed E-state index contributed by atoms with van der Waals surface area (Å²) < 4.78 is 0. The fraction of sp³-hybridized carbons (Fsp3) is 0.381. The molecule has 3 N–H and O–H groups in total. The van der Waals surface area contributed by atoms with Gasteiger partial charge in [-0.3, -0.25) is 0 Å². The molecule has 0 heterocycles. The largest absolute Gasteiger partial charge is 0.372 e. The van der Waals surface area contributed by atoms with Gasteiger partial charge in [-0.1, -0.05) is 0 Å². The van der Waals surface area contributed by atoms with Crippen molar-refractivity contribution >= 4 is 28.8 Å². The van der Waals surface area contributed by atoms with Crippen molar-refractivity contribution < 1.29 is 4.79 Å². The lowest BCUT2D eigenvalue weighted by molar-refractivity contribution is 0.251. The quantitative estimate of drug-likeness (QED) is 0.666. The minimum atomic E-state index is -0.129. The number of nitrogens with zero attached hydrogens (tertiary/aromatic N) is 1. The molecule has 0 atom stereocenters. The summed E-state index contributed by atoms with van der Waals surface area (Å²) in [6.45, 7) is 8.47. The molecule has 2 aromatic carbocycles. The Kier molecular flexibility index (Phi) is 5.66. The van der Waals surface area contributed by atoms with Crippen LogP contribution in [0, 0.1) is 6.92 Å². The Hall–Kier alpha value is -2.69. The second-order valence-electron chi connectivity index (χ2n) is 6.75. The van der Waals surface area contributed by atoms with Crippen LogP contribution in [0.25, 0.3) is 0 Å². The van der Waals surface area contributed by atoms with E-state index < -0.39 is 0 Å². The topological polar surface area (TPSA) is 56.4 Å². The lowest BCUT2D eigenvalue weighted by atomic mass is 10.1. The van der Waals surface area contributed by atoms with Gasteiger partial charge in [0.05, 0.1) is 0 Å². The van der Waals surface area contributed by atoms with E-state index in [1.807, 2.05) is 24.3 Å². The molecule has 5 nitrogen and oxygen atoms in total. The number of aryl methyl sites for hydroxylation is 1. The average molecular weight is 352 g/mol. The van der Waals surface area contributed by atoms with Gasteiger partial charge in [-0.15, -0.1) is 0 Å². The van der Waals surface area contributed by atoms with Crippen LogP contribution < -0.4 is 20.9 Å². The highest BCUT2D eigenvalue weighted by Gasteiger charge is 2.23. The third-order valence-electron chi connectivity index (χ3n) is 4.67. The first-order chi connectivity index (χ1) is 12.6. The van der Waals surface area contributed by atoms with Crippen LogP contribution in [0.2, 0.25) is 0 Å². The van der Waals surface area contributed by atoms with E-state index in [2.05, 4.69) is 59.8 Å². The number of nitrogens with one attached hydrogen (secondary N) is 3. The van der Waals surface area contributed by atoms with Crippen molar-refractivity contribution in [1.82, 2.24) is 5.32 Å². The summed E-state index contributed by atoms with van der Waals surface area (Å²) in [5.74, 6) is 0. The van der Waals surface area contributed by atoms with Crippen LogP contribution in [0.1, 0.15) is 32.3 Å². The summed E-state index contributed by atoms with van der Waals surface area (Å²) >= 11 is 0. The SMILES string of the molecule is CCN(CC)c1ccc(Nc2ccc(NC(=O)NC3CC3)cc2)c(C)c1. The molecule has 0 unspecified atom stereocenters. The van der Waals surface area contributed by atoms with Gasteiger partial charge in [0.2, 0.25) is 0 Å². The van der Waals surface area contributed by atoms with E-state index in [0.29, 0.717) is 6.04 Å². The zero-order chi connectivity index (χ0) is 18.5. The van der Waals surface area contributed by atoms with E-state index in [0.717, 1.165) is 43.0 Å². The minimum absolute atomic E-state index is 0.129. The average Bonchev–Trinajstić information content (AvgIpc) is 3.44. The van der Waals surface area contributed by atoms with Crippen molar-refractivity contribution in [1.29, 1.82) is 0 Å². The Bertz CT molecular complexity index is 749. The lowest BCUT2D eigenvalue weighted by Gasteiger charge is -2.22. The summed E-state index contributed by atoms with van der Waals surface area (Å²) in [5, 5.41) is 9.23. The van der Waals surface area contributed by atoms with E-state index in [1.54, 1.807) is 0 Å². The number of benzene rings is 2. The predicted molar refractivity (Wildman–Crippen MR) is 110 cm³/mol. The van der Waals surface area contributed by atoms with Crippen LogP contribution >= 0.6 is 0 Å². The van der Waals surface area contributed by atoms with Gasteiger partial charge in [-0.05, 0) is 81.6 Å². The first-order valence-electron chi connectivity index (χ1n) is 9.39. The van der Waals surface area contributed by atoms with E-state index in [9.17, 15) is 4.79 Å². The number of amides is 2. The van der Waals surface area contributed by atoms with Crippen molar-refractivity contribution in [2.75, 3.05) is 28.6 Å².